The fourth-order valence-electron chi connectivity index (χ4n) is 1.70. The minimum Gasteiger partial charge on any atom is -0.387 e. The van der Waals surface area contributed by atoms with Gasteiger partial charge >= 0.3 is 0 Å². The lowest BCUT2D eigenvalue weighted by atomic mass is 10.1. The highest BCUT2D eigenvalue weighted by Crippen LogP contribution is 2.25. The molecule has 2 N–H and O–H groups in total. The maximum atomic E-state index is 12.9. The maximum absolute atomic E-state index is 12.9. The van der Waals surface area contributed by atoms with Crippen LogP contribution in [0.25, 0.3) is 0 Å². The molecule has 0 saturated carbocycles. The largest absolute Gasteiger partial charge is 0.387 e. The van der Waals surface area contributed by atoms with Gasteiger partial charge in [0.15, 0.2) is 0 Å². The van der Waals surface area contributed by atoms with Gasteiger partial charge in [-0.1, -0.05) is 35.3 Å². The number of amides is 1. The number of hydrogen-bond donors (Lipinski definition) is 2. The van der Waals surface area contributed by atoms with Crippen LogP contribution in [0.1, 0.15) is 22.2 Å². The number of nitrogens with one attached hydrogen (secondary N) is 1. The predicted octanol–water partition coefficient (Wildman–Crippen LogP) is 2.99. The van der Waals surface area contributed by atoms with Crippen LogP contribution in [0.15, 0.2) is 36.4 Å². The number of nitrogens with zero attached hydrogens (tertiary/aromatic N) is 1. The van der Waals surface area contributed by atoms with E-state index in [0.29, 0.717) is 15.6 Å². The molecule has 0 radical (unpaired) electrons. The van der Waals surface area contributed by atoms with Gasteiger partial charge in [-0.05, 0) is 24.3 Å². The van der Waals surface area contributed by atoms with E-state index in [9.17, 15) is 14.3 Å². The van der Waals surface area contributed by atoms with E-state index in [1.54, 1.807) is 12.1 Å². The first-order chi connectivity index (χ1) is 9.97. The van der Waals surface area contributed by atoms with Gasteiger partial charge in [0.25, 0.3) is 5.91 Å². The quantitative estimate of drug-likeness (QED) is 0.848. The Kier molecular flexibility index (Phi) is 5.12. The number of hydrogen-bond acceptors (Lipinski definition) is 3. The molecule has 0 aliphatic rings. The third-order valence-corrected chi connectivity index (χ3v) is 3.29. The molecule has 7 heteroatoms. The highest BCUT2D eigenvalue weighted by molar-refractivity contribution is 6.35. The van der Waals surface area contributed by atoms with Crippen LogP contribution >= 0.6 is 23.2 Å². The molecule has 0 bridgehead atoms. The second-order valence-electron chi connectivity index (χ2n) is 4.24. The molecule has 1 amide bonds. The van der Waals surface area contributed by atoms with Crippen molar-refractivity contribution in [1.29, 1.82) is 0 Å². The number of aliphatic hydroxyl groups excluding tert-OH is 1. The molecule has 1 unspecified atom stereocenters. The second-order valence-corrected chi connectivity index (χ2v) is 5.08. The van der Waals surface area contributed by atoms with Crippen LogP contribution in [0.5, 0.6) is 0 Å². The van der Waals surface area contributed by atoms with Crippen molar-refractivity contribution in [1.82, 2.24) is 10.3 Å². The average molecular weight is 329 g/mol. The lowest BCUT2D eigenvalue weighted by Crippen LogP contribution is -2.29. The van der Waals surface area contributed by atoms with Crippen LogP contribution < -0.4 is 5.32 Å². The van der Waals surface area contributed by atoms with Gasteiger partial charge in [0.05, 0.1) is 6.10 Å². The molecule has 1 heterocycles. The summed E-state index contributed by atoms with van der Waals surface area (Å²) in [5.41, 5.74) is 0.373. The van der Waals surface area contributed by atoms with Gasteiger partial charge in [0.1, 0.15) is 5.69 Å². The van der Waals surface area contributed by atoms with E-state index in [1.165, 1.54) is 18.2 Å². The lowest BCUT2D eigenvalue weighted by Gasteiger charge is -2.13. The number of aromatic nitrogens is 1. The fourth-order valence-corrected chi connectivity index (χ4v) is 2.23. The summed E-state index contributed by atoms with van der Waals surface area (Å²) in [5, 5.41) is 13.2. The molecular weight excluding hydrogens is 318 g/mol. The zero-order valence-corrected chi connectivity index (χ0v) is 12.2. The van der Waals surface area contributed by atoms with Crippen LogP contribution in [0.3, 0.4) is 0 Å². The van der Waals surface area contributed by atoms with Gasteiger partial charge in [0, 0.05) is 22.2 Å². The molecule has 21 heavy (non-hydrogen) atoms. The molecule has 2 aromatic rings. The third-order valence-electron chi connectivity index (χ3n) is 2.73. The van der Waals surface area contributed by atoms with Crippen LogP contribution in [-0.4, -0.2) is 22.5 Å². The van der Waals surface area contributed by atoms with Crippen molar-refractivity contribution >= 4 is 29.1 Å². The molecule has 2 rings (SSSR count). The Balaban J connectivity index is 2.00. The first kappa shape index (κ1) is 15.7. The summed E-state index contributed by atoms with van der Waals surface area (Å²) in [5.74, 6) is -1.33. The molecule has 1 aromatic heterocycles. The zero-order valence-electron chi connectivity index (χ0n) is 10.7. The Labute approximate surface area is 130 Å². The molecule has 4 nitrogen and oxygen atoms in total. The zero-order chi connectivity index (χ0) is 15.4. The van der Waals surface area contributed by atoms with E-state index < -0.39 is 18.0 Å². The van der Waals surface area contributed by atoms with Gasteiger partial charge in [-0.3, -0.25) is 4.79 Å². The normalized spacial score (nSPS) is 12.0. The van der Waals surface area contributed by atoms with Crippen LogP contribution in [0.2, 0.25) is 10.0 Å². The topological polar surface area (TPSA) is 62.2 Å². The van der Waals surface area contributed by atoms with Crippen molar-refractivity contribution in [2.75, 3.05) is 6.54 Å². The second kappa shape index (κ2) is 6.85. The number of carbonyl (C=O) groups is 1. The Hall–Kier alpha value is -1.69. The van der Waals surface area contributed by atoms with Crippen molar-refractivity contribution in [2.45, 2.75) is 6.10 Å². The van der Waals surface area contributed by atoms with E-state index in [2.05, 4.69) is 10.3 Å². The van der Waals surface area contributed by atoms with Gasteiger partial charge < -0.3 is 10.4 Å². The Morgan fingerprint density at radius 1 is 1.33 bits per heavy atom. The summed E-state index contributed by atoms with van der Waals surface area (Å²) in [4.78, 5) is 15.2. The van der Waals surface area contributed by atoms with Gasteiger partial charge in [-0.25, -0.2) is 4.98 Å². The first-order valence-electron chi connectivity index (χ1n) is 6.01. The van der Waals surface area contributed by atoms with Gasteiger partial charge in [-0.2, -0.15) is 4.39 Å². The molecule has 0 aliphatic heterocycles. The Bertz CT molecular complexity index is 667. The molecule has 110 valence electrons. The van der Waals surface area contributed by atoms with E-state index in [1.807, 2.05) is 0 Å². The summed E-state index contributed by atoms with van der Waals surface area (Å²) in [6, 6.07) is 8.55. The molecular formula is C14H11Cl2FN2O2. The molecule has 0 spiro atoms. The fraction of sp³-hybridized carbons (Fsp3) is 0.143. The monoisotopic (exact) mass is 328 g/mol. The summed E-state index contributed by atoms with van der Waals surface area (Å²) in [7, 11) is 0. The number of carbonyl (C=O) groups excluding carboxylic acids is 1. The third kappa shape index (κ3) is 4.14. The minimum absolute atomic E-state index is 0.0654. The number of aliphatic hydroxyl groups is 1. The van der Waals surface area contributed by atoms with Crippen molar-refractivity contribution in [3.63, 3.8) is 0 Å². The van der Waals surface area contributed by atoms with Gasteiger partial charge in [-0.15, -0.1) is 0 Å². The summed E-state index contributed by atoms with van der Waals surface area (Å²) >= 11 is 11.7. The van der Waals surface area contributed by atoms with Crippen LogP contribution in [0.4, 0.5) is 4.39 Å². The summed E-state index contributed by atoms with van der Waals surface area (Å²) < 4.78 is 12.9. The van der Waals surface area contributed by atoms with Crippen molar-refractivity contribution < 1.29 is 14.3 Å². The molecule has 1 atom stereocenters. The van der Waals surface area contributed by atoms with E-state index >= 15 is 0 Å². The van der Waals surface area contributed by atoms with Crippen molar-refractivity contribution in [3.8, 4) is 0 Å². The number of rotatable bonds is 4. The summed E-state index contributed by atoms with van der Waals surface area (Å²) in [6.07, 6.45) is -1.01. The standard InChI is InChI=1S/C14H11Cl2FN2O2/c15-8-4-5-9(10(16)6-8)12(20)7-18-14(21)11-2-1-3-13(17)19-11/h1-6,12,20H,7H2,(H,18,21). The average Bonchev–Trinajstić information content (AvgIpc) is 2.44. The summed E-state index contributed by atoms with van der Waals surface area (Å²) in [6.45, 7) is -0.0849. The maximum Gasteiger partial charge on any atom is 0.270 e. The van der Waals surface area contributed by atoms with Gasteiger partial charge in [0.2, 0.25) is 5.95 Å². The molecule has 0 saturated heterocycles. The highest BCUT2D eigenvalue weighted by Gasteiger charge is 2.14. The van der Waals surface area contributed by atoms with Crippen molar-refractivity contribution in [2.24, 2.45) is 0 Å². The predicted molar refractivity (Wildman–Crippen MR) is 78.0 cm³/mol. The van der Waals surface area contributed by atoms with E-state index in [4.69, 9.17) is 23.2 Å². The molecule has 0 fully saturated rings. The lowest BCUT2D eigenvalue weighted by molar-refractivity contribution is 0.0910. The first-order valence-corrected chi connectivity index (χ1v) is 6.76. The Morgan fingerprint density at radius 2 is 2.10 bits per heavy atom. The number of pyridine rings is 1. The SMILES string of the molecule is O=C(NCC(O)c1ccc(Cl)cc1Cl)c1cccc(F)n1. The van der Waals surface area contributed by atoms with Crippen LogP contribution in [-0.2, 0) is 0 Å². The Morgan fingerprint density at radius 3 is 2.76 bits per heavy atom. The molecule has 1 aromatic carbocycles. The van der Waals surface area contributed by atoms with Crippen molar-refractivity contribution in [3.05, 3.63) is 63.6 Å². The molecule has 0 aliphatic carbocycles. The highest BCUT2D eigenvalue weighted by atomic mass is 35.5. The minimum atomic E-state index is -1.01. The smallest absolute Gasteiger partial charge is 0.270 e. The number of benzene rings is 1. The van der Waals surface area contributed by atoms with E-state index in [-0.39, 0.29) is 12.2 Å². The van der Waals surface area contributed by atoms with Crippen LogP contribution in [0, 0.1) is 5.95 Å². The number of halogens is 3. The van der Waals surface area contributed by atoms with E-state index in [0.717, 1.165) is 6.07 Å².